The Morgan fingerprint density at radius 3 is 2.64 bits per heavy atom. The molecule has 6 heteroatoms. The maximum atomic E-state index is 13.1. The predicted octanol–water partition coefficient (Wildman–Crippen LogP) is 0.704. The third-order valence-corrected chi connectivity index (χ3v) is 4.18. The van der Waals surface area contributed by atoms with Crippen molar-refractivity contribution in [2.24, 2.45) is 0 Å². The van der Waals surface area contributed by atoms with Gasteiger partial charge in [0.1, 0.15) is 6.04 Å². The second-order valence-electron chi connectivity index (χ2n) is 5.63. The van der Waals surface area contributed by atoms with Crippen molar-refractivity contribution in [2.75, 3.05) is 52.6 Å². The summed E-state index contributed by atoms with van der Waals surface area (Å²) in [6.45, 7) is 5.68. The van der Waals surface area contributed by atoms with Crippen molar-refractivity contribution in [3.05, 3.63) is 30.1 Å². The molecule has 2 saturated heterocycles. The molecular weight excluding hydrogens is 282 g/mol. The number of carbonyl (C=O) groups is 1. The largest absolute Gasteiger partial charge is 0.380 e. The fourth-order valence-electron chi connectivity index (χ4n) is 3.02. The molecule has 0 unspecified atom stereocenters. The SMILES string of the molecule is O=C([C@@H](c1cccnc1)N1CCOCC1)N1CCCOCC1. The van der Waals surface area contributed by atoms with Crippen LogP contribution in [-0.2, 0) is 14.3 Å². The first-order valence-corrected chi connectivity index (χ1v) is 7.94. The van der Waals surface area contributed by atoms with Gasteiger partial charge in [-0.25, -0.2) is 0 Å². The normalized spacial score (nSPS) is 22.1. The summed E-state index contributed by atoms with van der Waals surface area (Å²) >= 11 is 0. The highest BCUT2D eigenvalue weighted by Gasteiger charge is 2.32. The summed E-state index contributed by atoms with van der Waals surface area (Å²) < 4.78 is 10.9. The number of hydrogen-bond acceptors (Lipinski definition) is 5. The number of morpholine rings is 1. The molecule has 1 atom stereocenters. The van der Waals surface area contributed by atoms with Crippen LogP contribution in [0.3, 0.4) is 0 Å². The molecule has 1 amide bonds. The second kappa shape index (κ2) is 7.67. The number of rotatable bonds is 3. The van der Waals surface area contributed by atoms with Crippen LogP contribution in [0.25, 0.3) is 0 Å². The molecule has 0 saturated carbocycles. The minimum Gasteiger partial charge on any atom is -0.380 e. The first-order valence-electron chi connectivity index (χ1n) is 7.94. The highest BCUT2D eigenvalue weighted by atomic mass is 16.5. The summed E-state index contributed by atoms with van der Waals surface area (Å²) in [6, 6.07) is 3.61. The lowest BCUT2D eigenvalue weighted by atomic mass is 10.0. The van der Waals surface area contributed by atoms with Crippen molar-refractivity contribution in [1.82, 2.24) is 14.8 Å². The van der Waals surface area contributed by atoms with Crippen LogP contribution < -0.4 is 0 Å². The third-order valence-electron chi connectivity index (χ3n) is 4.18. The monoisotopic (exact) mass is 305 g/mol. The molecule has 6 nitrogen and oxygen atoms in total. The summed E-state index contributed by atoms with van der Waals surface area (Å²) in [4.78, 5) is 21.4. The van der Waals surface area contributed by atoms with Gasteiger partial charge in [0.25, 0.3) is 0 Å². The summed E-state index contributed by atoms with van der Waals surface area (Å²) in [5, 5.41) is 0. The fraction of sp³-hybridized carbons (Fsp3) is 0.625. The minimum atomic E-state index is -0.268. The van der Waals surface area contributed by atoms with Gasteiger partial charge in [-0.05, 0) is 18.1 Å². The molecule has 0 spiro atoms. The Kier molecular flexibility index (Phi) is 5.37. The van der Waals surface area contributed by atoms with Crippen LogP contribution in [0.4, 0.5) is 0 Å². The van der Waals surface area contributed by atoms with E-state index in [0.717, 1.165) is 38.2 Å². The zero-order chi connectivity index (χ0) is 15.2. The Labute approximate surface area is 131 Å². The number of nitrogens with zero attached hydrogens (tertiary/aromatic N) is 3. The van der Waals surface area contributed by atoms with Crippen LogP contribution in [0.5, 0.6) is 0 Å². The Balaban J connectivity index is 1.81. The van der Waals surface area contributed by atoms with Gasteiger partial charge in [-0.1, -0.05) is 6.07 Å². The number of carbonyl (C=O) groups excluding carboxylic acids is 1. The highest BCUT2D eigenvalue weighted by Crippen LogP contribution is 2.24. The minimum absolute atomic E-state index is 0.153. The van der Waals surface area contributed by atoms with Crippen molar-refractivity contribution < 1.29 is 14.3 Å². The zero-order valence-electron chi connectivity index (χ0n) is 12.8. The van der Waals surface area contributed by atoms with Gasteiger partial charge in [0, 0.05) is 45.2 Å². The van der Waals surface area contributed by atoms with Crippen LogP contribution in [0.2, 0.25) is 0 Å². The summed E-state index contributed by atoms with van der Waals surface area (Å²) in [5.74, 6) is 0.153. The Bertz CT molecular complexity index is 469. The lowest BCUT2D eigenvalue weighted by Crippen LogP contribution is -2.47. The molecule has 2 aliphatic rings. The van der Waals surface area contributed by atoms with Gasteiger partial charge in [0.2, 0.25) is 5.91 Å². The molecule has 120 valence electrons. The van der Waals surface area contributed by atoms with Crippen LogP contribution in [0.1, 0.15) is 18.0 Å². The third kappa shape index (κ3) is 3.63. The molecule has 0 radical (unpaired) electrons. The average molecular weight is 305 g/mol. The Hall–Kier alpha value is -1.50. The van der Waals surface area contributed by atoms with Crippen molar-refractivity contribution in [3.8, 4) is 0 Å². The molecule has 1 aromatic rings. The van der Waals surface area contributed by atoms with Crippen LogP contribution in [0.15, 0.2) is 24.5 Å². The second-order valence-corrected chi connectivity index (χ2v) is 5.63. The first kappa shape index (κ1) is 15.4. The molecule has 1 aromatic heterocycles. The molecule has 0 aliphatic carbocycles. The van der Waals surface area contributed by atoms with Crippen molar-refractivity contribution >= 4 is 5.91 Å². The van der Waals surface area contributed by atoms with Crippen LogP contribution in [0, 0.1) is 0 Å². The lowest BCUT2D eigenvalue weighted by Gasteiger charge is -2.36. The molecule has 2 aliphatic heterocycles. The quantitative estimate of drug-likeness (QED) is 0.823. The maximum absolute atomic E-state index is 13.1. The van der Waals surface area contributed by atoms with E-state index in [9.17, 15) is 4.79 Å². The van der Waals surface area contributed by atoms with E-state index < -0.39 is 0 Å². The summed E-state index contributed by atoms with van der Waals surface area (Å²) in [7, 11) is 0. The van der Waals surface area contributed by atoms with E-state index in [4.69, 9.17) is 9.47 Å². The Morgan fingerprint density at radius 1 is 1.09 bits per heavy atom. The highest BCUT2D eigenvalue weighted by molar-refractivity contribution is 5.83. The Morgan fingerprint density at radius 2 is 1.86 bits per heavy atom. The zero-order valence-corrected chi connectivity index (χ0v) is 12.8. The van der Waals surface area contributed by atoms with Gasteiger partial charge in [-0.15, -0.1) is 0 Å². The number of hydrogen-bond donors (Lipinski definition) is 0. The van der Waals surface area contributed by atoms with Gasteiger partial charge >= 0.3 is 0 Å². The van der Waals surface area contributed by atoms with Gasteiger partial charge in [-0.3, -0.25) is 14.7 Å². The van der Waals surface area contributed by atoms with E-state index in [2.05, 4.69) is 9.88 Å². The maximum Gasteiger partial charge on any atom is 0.244 e. The number of aromatic nitrogens is 1. The molecule has 0 bridgehead atoms. The van der Waals surface area contributed by atoms with Crippen LogP contribution >= 0.6 is 0 Å². The lowest BCUT2D eigenvalue weighted by molar-refractivity contribution is -0.139. The van der Waals surface area contributed by atoms with E-state index in [1.807, 2.05) is 17.0 Å². The smallest absolute Gasteiger partial charge is 0.244 e. The van der Waals surface area contributed by atoms with Gasteiger partial charge in [0.15, 0.2) is 0 Å². The fourth-order valence-corrected chi connectivity index (χ4v) is 3.02. The van der Waals surface area contributed by atoms with Gasteiger partial charge in [0.05, 0.1) is 19.8 Å². The van der Waals surface area contributed by atoms with Crippen molar-refractivity contribution in [2.45, 2.75) is 12.5 Å². The van der Waals surface area contributed by atoms with E-state index >= 15 is 0 Å². The molecule has 3 rings (SSSR count). The van der Waals surface area contributed by atoms with E-state index in [0.29, 0.717) is 26.4 Å². The number of amides is 1. The molecule has 22 heavy (non-hydrogen) atoms. The van der Waals surface area contributed by atoms with E-state index in [-0.39, 0.29) is 11.9 Å². The van der Waals surface area contributed by atoms with Gasteiger partial charge in [-0.2, -0.15) is 0 Å². The molecule has 0 N–H and O–H groups in total. The molecular formula is C16H23N3O3. The summed E-state index contributed by atoms with van der Waals surface area (Å²) in [6.07, 6.45) is 4.44. The number of pyridine rings is 1. The molecule has 2 fully saturated rings. The van der Waals surface area contributed by atoms with Gasteiger partial charge < -0.3 is 14.4 Å². The average Bonchev–Trinajstić information content (AvgIpc) is 2.86. The number of ether oxygens (including phenoxy) is 2. The standard InChI is InChI=1S/C16H23N3O3/c20-16(19-5-2-9-21-12-8-19)15(14-3-1-4-17-13-14)18-6-10-22-11-7-18/h1,3-4,13,15H,2,5-12H2/t15-/m1/s1. The van der Waals surface area contributed by atoms with E-state index in [1.54, 1.807) is 12.4 Å². The van der Waals surface area contributed by atoms with E-state index in [1.165, 1.54) is 0 Å². The first-order chi connectivity index (χ1) is 10.9. The molecule has 0 aromatic carbocycles. The van der Waals surface area contributed by atoms with Crippen LogP contribution in [-0.4, -0.2) is 73.3 Å². The van der Waals surface area contributed by atoms with Crippen molar-refractivity contribution in [1.29, 1.82) is 0 Å². The topological polar surface area (TPSA) is 54.9 Å². The van der Waals surface area contributed by atoms with Crippen molar-refractivity contribution in [3.63, 3.8) is 0 Å². The molecule has 3 heterocycles. The summed E-state index contributed by atoms with van der Waals surface area (Å²) in [5.41, 5.74) is 0.958. The predicted molar refractivity (Wildman–Crippen MR) is 81.4 cm³/mol.